The highest BCUT2D eigenvalue weighted by molar-refractivity contribution is 7.14. The van der Waals surface area contributed by atoms with Crippen molar-refractivity contribution in [3.8, 4) is 11.4 Å². The highest BCUT2D eigenvalue weighted by Crippen LogP contribution is 2.26. The van der Waals surface area contributed by atoms with E-state index in [4.69, 9.17) is 9.72 Å². The van der Waals surface area contributed by atoms with Crippen molar-refractivity contribution in [3.63, 3.8) is 0 Å². The first-order chi connectivity index (χ1) is 13.6. The third-order valence-corrected chi connectivity index (χ3v) is 5.86. The maximum absolute atomic E-state index is 12.4. The molecule has 0 spiro atoms. The number of pyridine rings is 1. The summed E-state index contributed by atoms with van der Waals surface area (Å²) in [6.07, 6.45) is 3.47. The highest BCUT2D eigenvalue weighted by Gasteiger charge is 2.24. The van der Waals surface area contributed by atoms with Crippen molar-refractivity contribution in [2.45, 2.75) is 51.4 Å². The van der Waals surface area contributed by atoms with Crippen LogP contribution in [0.5, 0.6) is 0 Å². The molecular weight excluding hydrogens is 410 g/mol. The Hall–Kier alpha value is -1.74. The van der Waals surface area contributed by atoms with Gasteiger partial charge in [-0.3, -0.25) is 4.79 Å². The molecule has 1 unspecified atom stereocenters. The van der Waals surface area contributed by atoms with Crippen LogP contribution in [-0.4, -0.2) is 53.8 Å². The largest absolute Gasteiger partial charge is 0.372 e. The molecule has 2 fully saturated rings. The average Bonchev–Trinajstić information content (AvgIpc) is 3.16. The Bertz CT molecular complexity index is 817. The highest BCUT2D eigenvalue weighted by atomic mass is 35.5. The van der Waals surface area contributed by atoms with Crippen LogP contribution in [0.2, 0.25) is 0 Å². The van der Waals surface area contributed by atoms with E-state index in [1.165, 1.54) is 11.3 Å². The molecule has 2 aromatic rings. The van der Waals surface area contributed by atoms with Crippen molar-refractivity contribution < 1.29 is 9.53 Å². The van der Waals surface area contributed by atoms with E-state index >= 15 is 0 Å². The fraction of sp³-hybridized carbons (Fsp3) is 0.550. The number of halogens is 1. The number of piperidine rings is 1. The van der Waals surface area contributed by atoms with Crippen LogP contribution >= 0.6 is 23.7 Å². The van der Waals surface area contributed by atoms with Gasteiger partial charge in [0.05, 0.1) is 23.9 Å². The summed E-state index contributed by atoms with van der Waals surface area (Å²) in [6.45, 7) is 6.73. The lowest BCUT2D eigenvalue weighted by atomic mass is 10.0. The fourth-order valence-electron chi connectivity index (χ4n) is 3.82. The summed E-state index contributed by atoms with van der Waals surface area (Å²) in [5.74, 6) is 0.933. The second-order valence-electron chi connectivity index (χ2n) is 7.57. The van der Waals surface area contributed by atoms with Gasteiger partial charge in [-0.15, -0.1) is 23.7 Å². The van der Waals surface area contributed by atoms with E-state index in [0.717, 1.165) is 56.1 Å². The first-order valence-corrected chi connectivity index (χ1v) is 10.8. The van der Waals surface area contributed by atoms with Gasteiger partial charge in [-0.05, 0) is 45.4 Å². The Morgan fingerprint density at radius 1 is 1.21 bits per heavy atom. The standard InChI is InChI=1S/C20H27N5O2S.ClH/c1-13-10-25(11-14(2)27-13)18-8-5-7-15(22-18)17-12-28-20(23-17)24-19(26)16-6-3-4-9-21-16;/h5,7-8,12-14,16,21H,3-4,6,9-11H2,1-2H3,(H,23,24,26);1H/t13-,14+,16?;. The summed E-state index contributed by atoms with van der Waals surface area (Å²) in [6, 6.07) is 5.87. The fourth-order valence-corrected chi connectivity index (χ4v) is 4.53. The van der Waals surface area contributed by atoms with Crippen LogP contribution in [0.3, 0.4) is 0 Å². The minimum absolute atomic E-state index is 0. The predicted octanol–water partition coefficient (Wildman–Crippen LogP) is 3.32. The average molecular weight is 438 g/mol. The van der Waals surface area contributed by atoms with Crippen LogP contribution in [0.4, 0.5) is 10.9 Å². The molecule has 2 aliphatic rings. The molecule has 2 aromatic heterocycles. The molecule has 3 atom stereocenters. The molecule has 9 heteroatoms. The van der Waals surface area contributed by atoms with Crippen LogP contribution in [0.1, 0.15) is 33.1 Å². The van der Waals surface area contributed by atoms with Crippen molar-refractivity contribution in [2.24, 2.45) is 0 Å². The Kier molecular flexibility index (Phi) is 7.45. The summed E-state index contributed by atoms with van der Waals surface area (Å²) < 4.78 is 5.82. The second-order valence-corrected chi connectivity index (χ2v) is 8.43. The molecule has 4 heterocycles. The number of rotatable bonds is 4. The minimum atomic E-state index is -0.118. The number of nitrogens with one attached hydrogen (secondary N) is 2. The lowest BCUT2D eigenvalue weighted by Crippen LogP contribution is -2.45. The number of hydrogen-bond donors (Lipinski definition) is 2. The van der Waals surface area contributed by atoms with Gasteiger partial charge in [0.25, 0.3) is 0 Å². The molecule has 2 aliphatic heterocycles. The maximum Gasteiger partial charge on any atom is 0.243 e. The number of hydrogen-bond acceptors (Lipinski definition) is 7. The molecule has 0 aromatic carbocycles. The Balaban J connectivity index is 0.00000240. The van der Waals surface area contributed by atoms with Crippen molar-refractivity contribution in [2.75, 3.05) is 29.9 Å². The van der Waals surface area contributed by atoms with E-state index in [0.29, 0.717) is 5.13 Å². The van der Waals surface area contributed by atoms with Gasteiger partial charge in [0.2, 0.25) is 5.91 Å². The van der Waals surface area contributed by atoms with E-state index in [-0.39, 0.29) is 36.6 Å². The molecule has 29 heavy (non-hydrogen) atoms. The van der Waals surface area contributed by atoms with Crippen LogP contribution in [-0.2, 0) is 9.53 Å². The number of nitrogens with zero attached hydrogens (tertiary/aromatic N) is 3. The molecule has 0 bridgehead atoms. The second kappa shape index (κ2) is 9.84. The van der Waals surface area contributed by atoms with Gasteiger partial charge in [-0.2, -0.15) is 0 Å². The Morgan fingerprint density at radius 2 is 2.00 bits per heavy atom. The van der Waals surface area contributed by atoms with Crippen molar-refractivity contribution in [1.29, 1.82) is 0 Å². The monoisotopic (exact) mass is 437 g/mol. The number of ether oxygens (including phenoxy) is 1. The zero-order chi connectivity index (χ0) is 19.5. The molecule has 158 valence electrons. The van der Waals surface area contributed by atoms with E-state index in [2.05, 4.69) is 34.4 Å². The number of carbonyl (C=O) groups is 1. The normalized spacial score (nSPS) is 24.6. The van der Waals surface area contributed by atoms with Crippen molar-refractivity contribution in [3.05, 3.63) is 23.6 Å². The lowest BCUT2D eigenvalue weighted by Gasteiger charge is -2.36. The van der Waals surface area contributed by atoms with E-state index in [1.807, 2.05) is 23.6 Å². The topological polar surface area (TPSA) is 79.4 Å². The van der Waals surface area contributed by atoms with Crippen molar-refractivity contribution in [1.82, 2.24) is 15.3 Å². The molecule has 0 radical (unpaired) electrons. The zero-order valence-corrected chi connectivity index (χ0v) is 18.4. The number of aromatic nitrogens is 2. The Morgan fingerprint density at radius 3 is 2.72 bits per heavy atom. The summed E-state index contributed by atoms with van der Waals surface area (Å²) in [4.78, 5) is 24.0. The lowest BCUT2D eigenvalue weighted by molar-refractivity contribution is -0.118. The Labute approximate surface area is 181 Å². The first kappa shape index (κ1) is 22.0. The van der Waals surface area contributed by atoms with Gasteiger partial charge < -0.3 is 20.3 Å². The van der Waals surface area contributed by atoms with Crippen LogP contribution < -0.4 is 15.5 Å². The smallest absolute Gasteiger partial charge is 0.243 e. The van der Waals surface area contributed by atoms with Gasteiger partial charge in [0.1, 0.15) is 11.5 Å². The quantitative estimate of drug-likeness (QED) is 0.763. The van der Waals surface area contributed by atoms with Gasteiger partial charge >= 0.3 is 0 Å². The van der Waals surface area contributed by atoms with Crippen LogP contribution in [0.25, 0.3) is 11.4 Å². The molecule has 2 saturated heterocycles. The first-order valence-electron chi connectivity index (χ1n) is 9.96. The van der Waals surface area contributed by atoms with Gasteiger partial charge in [0.15, 0.2) is 5.13 Å². The molecular formula is C20H28ClN5O2S. The predicted molar refractivity (Wildman–Crippen MR) is 119 cm³/mol. The molecule has 2 N–H and O–H groups in total. The molecule has 0 aliphatic carbocycles. The van der Waals surface area contributed by atoms with Crippen molar-refractivity contribution >= 4 is 40.6 Å². The van der Waals surface area contributed by atoms with Gasteiger partial charge in [-0.25, -0.2) is 9.97 Å². The number of amides is 1. The zero-order valence-electron chi connectivity index (χ0n) is 16.8. The summed E-state index contributed by atoms with van der Waals surface area (Å²) >= 11 is 1.43. The van der Waals surface area contributed by atoms with Gasteiger partial charge in [0, 0.05) is 18.5 Å². The third-order valence-electron chi connectivity index (χ3n) is 5.10. The molecule has 1 amide bonds. The van der Waals surface area contributed by atoms with E-state index in [1.54, 1.807) is 0 Å². The summed E-state index contributed by atoms with van der Waals surface area (Å²) in [5.41, 5.74) is 1.60. The van der Waals surface area contributed by atoms with Crippen LogP contribution in [0.15, 0.2) is 23.6 Å². The summed E-state index contributed by atoms with van der Waals surface area (Å²) in [5, 5.41) is 8.77. The molecule has 4 rings (SSSR count). The molecule has 0 saturated carbocycles. The van der Waals surface area contributed by atoms with Crippen LogP contribution in [0, 0.1) is 0 Å². The SMILES string of the molecule is C[C@@H]1CN(c2cccc(-c3csc(NC(=O)C4CCCCN4)n3)n2)C[C@H](C)O1.Cl. The van der Waals surface area contributed by atoms with E-state index < -0.39 is 0 Å². The number of carbonyl (C=O) groups excluding carboxylic acids is 1. The minimum Gasteiger partial charge on any atom is -0.372 e. The van der Waals surface area contributed by atoms with E-state index in [9.17, 15) is 4.79 Å². The molecule has 7 nitrogen and oxygen atoms in total. The van der Waals surface area contributed by atoms with Gasteiger partial charge in [-0.1, -0.05) is 12.5 Å². The third kappa shape index (κ3) is 5.45. The number of thiazole rings is 1. The summed E-state index contributed by atoms with van der Waals surface area (Å²) in [7, 11) is 0. The number of anilines is 2. The number of morpholine rings is 1. The maximum atomic E-state index is 12.4.